The third-order valence-electron chi connectivity index (χ3n) is 4.00. The lowest BCUT2D eigenvalue weighted by Gasteiger charge is -2.11. The van der Waals surface area contributed by atoms with Gasteiger partial charge in [-0.3, -0.25) is 0 Å². The summed E-state index contributed by atoms with van der Waals surface area (Å²) in [7, 11) is 0. The Morgan fingerprint density at radius 1 is 1.05 bits per heavy atom. The number of hydrogen-bond donors (Lipinski definition) is 1. The molecule has 3 rings (SSSR count). The largest absolute Gasteiger partial charge is 0.327 e. The van der Waals surface area contributed by atoms with Gasteiger partial charge in [0.05, 0.1) is 0 Å². The third-order valence-corrected chi connectivity index (χ3v) is 4.00. The highest BCUT2D eigenvalue weighted by Gasteiger charge is 2.42. The van der Waals surface area contributed by atoms with Gasteiger partial charge in [-0.15, -0.1) is 0 Å². The number of benzene rings is 2. The van der Waals surface area contributed by atoms with Gasteiger partial charge in [0.1, 0.15) is 5.82 Å². The fourth-order valence-corrected chi connectivity index (χ4v) is 2.82. The predicted molar refractivity (Wildman–Crippen MR) is 75.4 cm³/mol. The van der Waals surface area contributed by atoms with Crippen molar-refractivity contribution in [1.82, 2.24) is 0 Å². The summed E-state index contributed by atoms with van der Waals surface area (Å²) in [5.74, 6) is 0.981. The summed E-state index contributed by atoms with van der Waals surface area (Å²) < 4.78 is 12.8. The van der Waals surface area contributed by atoms with Crippen molar-refractivity contribution in [1.29, 1.82) is 0 Å². The summed E-state index contributed by atoms with van der Waals surface area (Å²) >= 11 is 0. The lowest BCUT2D eigenvalue weighted by atomic mass is 10.00. The zero-order valence-corrected chi connectivity index (χ0v) is 10.8. The van der Waals surface area contributed by atoms with E-state index in [2.05, 4.69) is 24.3 Å². The van der Waals surface area contributed by atoms with E-state index in [1.165, 1.54) is 24.1 Å². The second-order valence-electron chi connectivity index (χ2n) is 5.41. The summed E-state index contributed by atoms with van der Waals surface area (Å²) in [6.45, 7) is 0. The van der Waals surface area contributed by atoms with Crippen molar-refractivity contribution in [2.75, 3.05) is 0 Å². The minimum absolute atomic E-state index is 0.163. The van der Waals surface area contributed by atoms with Crippen molar-refractivity contribution < 1.29 is 4.39 Å². The minimum Gasteiger partial charge on any atom is -0.327 e. The molecule has 1 nitrogen and oxygen atoms in total. The van der Waals surface area contributed by atoms with Crippen LogP contribution in [0.25, 0.3) is 0 Å². The number of hydrogen-bond acceptors (Lipinski definition) is 1. The van der Waals surface area contributed by atoms with Crippen molar-refractivity contribution in [2.45, 2.75) is 24.8 Å². The second-order valence-corrected chi connectivity index (χ2v) is 5.41. The average Bonchev–Trinajstić information content (AvgIpc) is 3.23. The zero-order chi connectivity index (χ0) is 13.2. The van der Waals surface area contributed by atoms with Gasteiger partial charge in [0.25, 0.3) is 0 Å². The molecule has 0 saturated heterocycles. The van der Waals surface area contributed by atoms with Gasteiger partial charge in [-0.05, 0) is 47.9 Å². The van der Waals surface area contributed by atoms with Crippen LogP contribution >= 0.6 is 0 Å². The first-order valence-electron chi connectivity index (χ1n) is 6.79. The van der Waals surface area contributed by atoms with Crippen LogP contribution in [0.5, 0.6) is 0 Å². The van der Waals surface area contributed by atoms with Gasteiger partial charge < -0.3 is 5.73 Å². The molecular formula is C17H18FN. The molecule has 2 aromatic carbocycles. The number of halogens is 1. The van der Waals surface area contributed by atoms with E-state index in [0.717, 1.165) is 12.0 Å². The Labute approximate surface area is 113 Å². The maximum Gasteiger partial charge on any atom is 0.123 e. The van der Waals surface area contributed by atoms with Crippen LogP contribution in [0.15, 0.2) is 54.6 Å². The molecule has 0 bridgehead atoms. The van der Waals surface area contributed by atoms with Crippen molar-refractivity contribution in [3.63, 3.8) is 0 Å². The molecule has 1 saturated carbocycles. The van der Waals surface area contributed by atoms with Gasteiger partial charge in [0, 0.05) is 6.04 Å². The van der Waals surface area contributed by atoms with Crippen molar-refractivity contribution in [2.24, 2.45) is 11.7 Å². The van der Waals surface area contributed by atoms with E-state index in [9.17, 15) is 4.39 Å². The summed E-state index contributed by atoms with van der Waals surface area (Å²) in [6.07, 6.45) is 2.00. The highest BCUT2D eigenvalue weighted by Crippen LogP contribution is 2.49. The van der Waals surface area contributed by atoms with Crippen molar-refractivity contribution in [3.05, 3.63) is 71.5 Å². The molecule has 98 valence electrons. The Bertz CT molecular complexity index is 535. The molecule has 0 heterocycles. The van der Waals surface area contributed by atoms with E-state index >= 15 is 0 Å². The molecule has 0 aromatic heterocycles. The van der Waals surface area contributed by atoms with Crippen LogP contribution in [0.4, 0.5) is 4.39 Å². The van der Waals surface area contributed by atoms with E-state index < -0.39 is 0 Å². The molecule has 3 atom stereocenters. The molecule has 2 aromatic rings. The van der Waals surface area contributed by atoms with Gasteiger partial charge in [0.15, 0.2) is 0 Å². The highest BCUT2D eigenvalue weighted by atomic mass is 19.1. The van der Waals surface area contributed by atoms with Crippen LogP contribution in [0.2, 0.25) is 0 Å². The number of nitrogens with two attached hydrogens (primary N) is 1. The Hall–Kier alpha value is -1.67. The molecule has 0 spiro atoms. The topological polar surface area (TPSA) is 26.0 Å². The lowest BCUT2D eigenvalue weighted by Crippen LogP contribution is -2.25. The maximum absolute atomic E-state index is 12.8. The van der Waals surface area contributed by atoms with Crippen LogP contribution in [-0.2, 0) is 6.42 Å². The molecule has 2 N–H and O–H groups in total. The Morgan fingerprint density at radius 2 is 1.74 bits per heavy atom. The van der Waals surface area contributed by atoms with E-state index in [1.54, 1.807) is 0 Å². The fraction of sp³-hybridized carbons (Fsp3) is 0.294. The molecule has 1 aliphatic carbocycles. The SMILES string of the molecule is NC(Cc1ccc(F)cc1)C1CC1c1ccccc1. The van der Waals surface area contributed by atoms with Crippen LogP contribution in [0.1, 0.15) is 23.5 Å². The molecular weight excluding hydrogens is 237 g/mol. The smallest absolute Gasteiger partial charge is 0.123 e. The highest BCUT2D eigenvalue weighted by molar-refractivity contribution is 5.27. The Morgan fingerprint density at radius 3 is 2.42 bits per heavy atom. The van der Waals surface area contributed by atoms with Gasteiger partial charge in [-0.2, -0.15) is 0 Å². The Kier molecular flexibility index (Phi) is 3.34. The standard InChI is InChI=1S/C17H18FN/c18-14-8-6-12(7-9-14)10-17(19)16-11-15(16)13-4-2-1-3-5-13/h1-9,15-17H,10-11,19H2. The van der Waals surface area contributed by atoms with Crippen molar-refractivity contribution in [3.8, 4) is 0 Å². The summed E-state index contributed by atoms with van der Waals surface area (Å²) in [4.78, 5) is 0. The fourth-order valence-electron chi connectivity index (χ4n) is 2.82. The minimum atomic E-state index is -0.189. The van der Waals surface area contributed by atoms with Gasteiger partial charge in [-0.1, -0.05) is 42.5 Å². The van der Waals surface area contributed by atoms with Gasteiger partial charge in [-0.25, -0.2) is 4.39 Å². The Balaban J connectivity index is 1.61. The molecule has 0 aliphatic heterocycles. The van der Waals surface area contributed by atoms with Gasteiger partial charge in [0.2, 0.25) is 0 Å². The summed E-state index contributed by atoms with van der Waals surface area (Å²) in [5, 5.41) is 0. The molecule has 1 fully saturated rings. The van der Waals surface area contributed by atoms with E-state index in [0.29, 0.717) is 11.8 Å². The molecule has 0 amide bonds. The normalized spacial score (nSPS) is 23.1. The maximum atomic E-state index is 12.8. The van der Waals surface area contributed by atoms with Crippen LogP contribution in [0, 0.1) is 11.7 Å². The zero-order valence-electron chi connectivity index (χ0n) is 10.8. The summed E-state index contributed by atoms with van der Waals surface area (Å²) in [5.41, 5.74) is 8.79. The quantitative estimate of drug-likeness (QED) is 0.889. The first kappa shape index (κ1) is 12.4. The van der Waals surface area contributed by atoms with Crippen LogP contribution in [-0.4, -0.2) is 6.04 Å². The first-order valence-corrected chi connectivity index (χ1v) is 6.79. The van der Waals surface area contributed by atoms with E-state index in [1.807, 2.05) is 18.2 Å². The monoisotopic (exact) mass is 255 g/mol. The second kappa shape index (κ2) is 5.14. The van der Waals surface area contributed by atoms with E-state index in [4.69, 9.17) is 5.73 Å². The predicted octanol–water partition coefficient (Wildman–Crippen LogP) is 3.50. The molecule has 0 radical (unpaired) electrons. The molecule has 1 aliphatic rings. The summed E-state index contributed by atoms with van der Waals surface area (Å²) in [6, 6.07) is 17.4. The third kappa shape index (κ3) is 2.85. The molecule has 2 heteroatoms. The molecule has 19 heavy (non-hydrogen) atoms. The number of rotatable bonds is 4. The van der Waals surface area contributed by atoms with Crippen LogP contribution in [0.3, 0.4) is 0 Å². The van der Waals surface area contributed by atoms with E-state index in [-0.39, 0.29) is 11.9 Å². The average molecular weight is 255 g/mol. The molecule has 3 unspecified atom stereocenters. The first-order chi connectivity index (χ1) is 9.24. The van der Waals surface area contributed by atoms with Crippen LogP contribution < -0.4 is 5.73 Å². The lowest BCUT2D eigenvalue weighted by molar-refractivity contribution is 0.575. The van der Waals surface area contributed by atoms with Crippen molar-refractivity contribution >= 4 is 0 Å². The van der Waals surface area contributed by atoms with Gasteiger partial charge >= 0.3 is 0 Å².